The molecule has 1 aliphatic carbocycles. The second-order valence-electron chi connectivity index (χ2n) is 6.57. The highest BCUT2D eigenvalue weighted by molar-refractivity contribution is 5.60. The first kappa shape index (κ1) is 16.8. The minimum absolute atomic E-state index is 0.246. The largest absolute Gasteiger partial charge is 0.508 e. The zero-order valence-electron chi connectivity index (χ0n) is 13.5. The smallest absolute Gasteiger partial charge is 0.438 e. The lowest BCUT2D eigenvalue weighted by molar-refractivity contribution is 0.00445. The second-order valence-corrected chi connectivity index (χ2v) is 6.57. The van der Waals surface area contributed by atoms with E-state index in [9.17, 15) is 4.79 Å². The summed E-state index contributed by atoms with van der Waals surface area (Å²) < 4.78 is 9.91. The van der Waals surface area contributed by atoms with E-state index < -0.39 is 11.8 Å². The van der Waals surface area contributed by atoms with Gasteiger partial charge in [0.15, 0.2) is 0 Å². The van der Waals surface area contributed by atoms with Crippen LogP contribution < -0.4 is 0 Å². The lowest BCUT2D eigenvalue weighted by Crippen LogP contribution is -2.31. The van der Waals surface area contributed by atoms with Gasteiger partial charge >= 0.3 is 6.16 Å². The van der Waals surface area contributed by atoms with E-state index in [2.05, 4.69) is 32.1 Å². The van der Waals surface area contributed by atoms with E-state index in [-0.39, 0.29) is 5.41 Å². The number of methoxy groups -OCH3 is 1. The van der Waals surface area contributed by atoms with Crippen LogP contribution in [0.2, 0.25) is 0 Å². The summed E-state index contributed by atoms with van der Waals surface area (Å²) in [6.45, 7) is 12.5. The molecule has 0 saturated heterocycles. The van der Waals surface area contributed by atoms with Crippen LogP contribution in [0.4, 0.5) is 4.79 Å². The summed E-state index contributed by atoms with van der Waals surface area (Å²) in [5, 5.41) is 0. The molecular weight excluding hydrogens is 252 g/mol. The average molecular weight is 280 g/mol. The molecule has 0 aromatic heterocycles. The van der Waals surface area contributed by atoms with E-state index in [1.165, 1.54) is 37.5 Å². The molecule has 0 N–H and O–H groups in total. The molecule has 0 radical (unpaired) electrons. The van der Waals surface area contributed by atoms with Crippen molar-refractivity contribution in [2.45, 2.75) is 65.4 Å². The molecule has 0 heterocycles. The van der Waals surface area contributed by atoms with Crippen LogP contribution in [0.3, 0.4) is 0 Å². The van der Waals surface area contributed by atoms with Gasteiger partial charge in [-0.3, -0.25) is 0 Å². The van der Waals surface area contributed by atoms with Gasteiger partial charge in [-0.2, -0.15) is 0 Å². The molecular formula is C17H28O3. The SMILES string of the molecule is C=CC(C)(CCC1=C(C)CCCC1(C)C)OC(=O)OC. The topological polar surface area (TPSA) is 35.5 Å². The summed E-state index contributed by atoms with van der Waals surface area (Å²) in [4.78, 5) is 11.3. The molecule has 20 heavy (non-hydrogen) atoms. The van der Waals surface area contributed by atoms with Crippen molar-refractivity contribution >= 4 is 6.16 Å². The highest BCUT2D eigenvalue weighted by atomic mass is 16.7. The van der Waals surface area contributed by atoms with Crippen molar-refractivity contribution in [3.05, 3.63) is 23.8 Å². The van der Waals surface area contributed by atoms with Crippen LogP contribution >= 0.6 is 0 Å². The first-order valence-corrected chi connectivity index (χ1v) is 7.34. The van der Waals surface area contributed by atoms with Gasteiger partial charge in [-0.15, -0.1) is 0 Å². The van der Waals surface area contributed by atoms with Gasteiger partial charge in [0.2, 0.25) is 0 Å². The molecule has 1 unspecified atom stereocenters. The molecule has 0 spiro atoms. The predicted molar refractivity (Wildman–Crippen MR) is 81.7 cm³/mol. The quantitative estimate of drug-likeness (QED) is 0.524. The van der Waals surface area contributed by atoms with Gasteiger partial charge in [0.25, 0.3) is 0 Å². The Morgan fingerprint density at radius 2 is 2.15 bits per heavy atom. The average Bonchev–Trinajstić information content (AvgIpc) is 2.37. The summed E-state index contributed by atoms with van der Waals surface area (Å²) in [5.41, 5.74) is 2.57. The predicted octanol–water partition coefficient (Wildman–Crippen LogP) is 5.02. The van der Waals surface area contributed by atoms with Crippen molar-refractivity contribution in [2.24, 2.45) is 5.41 Å². The number of ether oxygens (including phenoxy) is 2. The van der Waals surface area contributed by atoms with Gasteiger partial charge in [0.05, 0.1) is 7.11 Å². The van der Waals surface area contributed by atoms with E-state index in [1.54, 1.807) is 6.08 Å². The Morgan fingerprint density at radius 1 is 1.50 bits per heavy atom. The normalized spacial score (nSPS) is 21.1. The lowest BCUT2D eigenvalue weighted by atomic mass is 9.70. The van der Waals surface area contributed by atoms with E-state index in [0.29, 0.717) is 0 Å². The minimum atomic E-state index is -0.673. The van der Waals surface area contributed by atoms with Crippen molar-refractivity contribution in [3.63, 3.8) is 0 Å². The minimum Gasteiger partial charge on any atom is -0.438 e. The van der Waals surface area contributed by atoms with Crippen molar-refractivity contribution in [2.75, 3.05) is 7.11 Å². The van der Waals surface area contributed by atoms with Crippen LogP contribution in [0.25, 0.3) is 0 Å². The van der Waals surface area contributed by atoms with Crippen molar-refractivity contribution in [1.29, 1.82) is 0 Å². The summed E-state index contributed by atoms with van der Waals surface area (Å²) in [5.74, 6) is 0. The standard InChI is InChI=1S/C17H28O3/c1-7-17(5,20-15(18)19-6)12-10-14-13(2)9-8-11-16(14,3)4/h7H,1,8-12H2,2-6H3. The Bertz CT molecular complexity index is 406. The number of hydrogen-bond donors (Lipinski definition) is 0. The van der Waals surface area contributed by atoms with Gasteiger partial charge in [-0.05, 0) is 57.4 Å². The van der Waals surface area contributed by atoms with Crippen LogP contribution in [0, 0.1) is 5.41 Å². The van der Waals surface area contributed by atoms with Crippen molar-refractivity contribution < 1.29 is 14.3 Å². The molecule has 1 atom stereocenters. The van der Waals surface area contributed by atoms with Crippen LogP contribution in [-0.4, -0.2) is 18.9 Å². The van der Waals surface area contributed by atoms with Crippen LogP contribution in [-0.2, 0) is 9.47 Å². The first-order valence-electron chi connectivity index (χ1n) is 7.34. The third-order valence-corrected chi connectivity index (χ3v) is 4.47. The first-order chi connectivity index (χ1) is 9.24. The number of carbonyl (C=O) groups is 1. The van der Waals surface area contributed by atoms with Gasteiger partial charge in [-0.25, -0.2) is 4.79 Å². The van der Waals surface area contributed by atoms with E-state index in [0.717, 1.165) is 12.8 Å². The van der Waals surface area contributed by atoms with Gasteiger partial charge in [0.1, 0.15) is 5.60 Å². The molecule has 0 aliphatic heterocycles. The fraction of sp³-hybridized carbons (Fsp3) is 0.706. The van der Waals surface area contributed by atoms with Crippen LogP contribution in [0.1, 0.15) is 59.8 Å². The van der Waals surface area contributed by atoms with Crippen molar-refractivity contribution in [1.82, 2.24) is 0 Å². The fourth-order valence-electron chi connectivity index (χ4n) is 3.03. The number of carbonyl (C=O) groups excluding carboxylic acids is 1. The van der Waals surface area contributed by atoms with Gasteiger partial charge < -0.3 is 9.47 Å². The maximum absolute atomic E-state index is 11.3. The Hall–Kier alpha value is -1.25. The molecule has 0 aromatic carbocycles. The Kier molecular flexibility index (Phi) is 5.43. The third kappa shape index (κ3) is 4.12. The summed E-state index contributed by atoms with van der Waals surface area (Å²) in [7, 11) is 1.32. The Labute approximate surface area is 123 Å². The van der Waals surface area contributed by atoms with Gasteiger partial charge in [-0.1, -0.05) is 31.6 Å². The monoisotopic (exact) mass is 280 g/mol. The Morgan fingerprint density at radius 3 is 2.65 bits per heavy atom. The number of hydrogen-bond acceptors (Lipinski definition) is 3. The highest BCUT2D eigenvalue weighted by Crippen LogP contribution is 2.43. The maximum Gasteiger partial charge on any atom is 0.508 e. The third-order valence-electron chi connectivity index (χ3n) is 4.47. The van der Waals surface area contributed by atoms with E-state index >= 15 is 0 Å². The van der Waals surface area contributed by atoms with E-state index in [1.807, 2.05) is 6.92 Å². The molecule has 0 aromatic rings. The molecule has 0 saturated carbocycles. The van der Waals surface area contributed by atoms with Crippen LogP contribution in [0.5, 0.6) is 0 Å². The molecule has 0 amide bonds. The molecule has 0 fully saturated rings. The number of rotatable bonds is 5. The number of allylic oxidation sites excluding steroid dienone is 2. The lowest BCUT2D eigenvalue weighted by Gasteiger charge is -2.36. The molecule has 0 bridgehead atoms. The van der Waals surface area contributed by atoms with E-state index in [4.69, 9.17) is 4.74 Å². The van der Waals surface area contributed by atoms with Crippen molar-refractivity contribution in [3.8, 4) is 0 Å². The summed E-state index contributed by atoms with van der Waals surface area (Å²) in [6, 6.07) is 0. The molecule has 1 aliphatic rings. The van der Waals surface area contributed by atoms with Crippen LogP contribution in [0.15, 0.2) is 23.8 Å². The maximum atomic E-state index is 11.3. The summed E-state index contributed by atoms with van der Waals surface area (Å²) >= 11 is 0. The zero-order chi connectivity index (χ0) is 15.4. The Balaban J connectivity index is 2.77. The molecule has 114 valence electrons. The summed E-state index contributed by atoms with van der Waals surface area (Å²) in [6.07, 6.45) is 6.38. The van der Waals surface area contributed by atoms with Gasteiger partial charge in [0, 0.05) is 0 Å². The highest BCUT2D eigenvalue weighted by Gasteiger charge is 2.32. The molecule has 3 nitrogen and oxygen atoms in total. The second kappa shape index (κ2) is 6.47. The fourth-order valence-corrected chi connectivity index (χ4v) is 3.03. The molecule has 3 heteroatoms. The molecule has 1 rings (SSSR count). The zero-order valence-corrected chi connectivity index (χ0v) is 13.5.